The fourth-order valence-corrected chi connectivity index (χ4v) is 2.55. The quantitative estimate of drug-likeness (QED) is 0.359. The number of hydrogen-bond donors (Lipinski definition) is 0. The van der Waals surface area contributed by atoms with Crippen LogP contribution in [0.4, 0.5) is 0 Å². The highest BCUT2D eigenvalue weighted by atomic mass is 32.2. The highest BCUT2D eigenvalue weighted by Crippen LogP contribution is 2.34. The lowest BCUT2D eigenvalue weighted by Crippen LogP contribution is -2.38. The summed E-state index contributed by atoms with van der Waals surface area (Å²) in [4.78, 5) is 11.3. The monoisotopic (exact) mass is 282 g/mol. The Kier molecular flexibility index (Phi) is 3.87. The fraction of sp³-hybridized carbons (Fsp3) is 0.889. The molecule has 4 atom stereocenters. The van der Waals surface area contributed by atoms with Crippen LogP contribution in [-0.2, 0) is 38.0 Å². The maximum absolute atomic E-state index is 11.3. The van der Waals surface area contributed by atoms with Crippen molar-refractivity contribution in [3.63, 3.8) is 0 Å². The molecule has 2 bridgehead atoms. The minimum atomic E-state index is -3.71. The summed E-state index contributed by atoms with van der Waals surface area (Å²) < 4.78 is 47.5. The van der Waals surface area contributed by atoms with Gasteiger partial charge in [-0.3, -0.25) is 8.98 Å². The van der Waals surface area contributed by atoms with Gasteiger partial charge in [-0.25, -0.2) is 0 Å². The van der Waals surface area contributed by atoms with Crippen LogP contribution in [-0.4, -0.2) is 59.1 Å². The van der Waals surface area contributed by atoms with Crippen LogP contribution < -0.4 is 0 Å². The molecule has 18 heavy (non-hydrogen) atoms. The Balaban J connectivity index is 2.14. The van der Waals surface area contributed by atoms with Crippen LogP contribution in [0.2, 0.25) is 0 Å². The largest absolute Gasteiger partial charge is 0.433 e. The first-order chi connectivity index (χ1) is 8.40. The number of esters is 1. The molecule has 0 aromatic rings. The Hall–Kier alpha value is -0.740. The molecule has 0 amide bonds. The summed E-state index contributed by atoms with van der Waals surface area (Å²) in [5.74, 6) is -0.470. The summed E-state index contributed by atoms with van der Waals surface area (Å²) in [7, 11) is -2.29. The van der Waals surface area contributed by atoms with E-state index in [1.165, 1.54) is 7.11 Å². The molecule has 2 fully saturated rings. The van der Waals surface area contributed by atoms with Crippen molar-refractivity contribution in [2.45, 2.75) is 31.0 Å². The third kappa shape index (κ3) is 2.98. The van der Waals surface area contributed by atoms with E-state index in [1.807, 2.05) is 0 Å². The zero-order valence-corrected chi connectivity index (χ0v) is 10.7. The number of methoxy groups -OCH3 is 1. The lowest BCUT2D eigenvalue weighted by molar-refractivity contribution is -0.205. The molecule has 0 aromatic carbocycles. The molecule has 0 aliphatic carbocycles. The maximum atomic E-state index is 11.3. The molecular formula is C9H14O8S. The highest BCUT2D eigenvalue weighted by Gasteiger charge is 2.53. The van der Waals surface area contributed by atoms with Crippen LogP contribution in [0.3, 0.4) is 0 Å². The Labute approximate surface area is 104 Å². The second-order valence-electron chi connectivity index (χ2n) is 4.04. The molecule has 104 valence electrons. The molecule has 0 N–H and O–H groups in total. The second kappa shape index (κ2) is 5.10. The van der Waals surface area contributed by atoms with Crippen LogP contribution in [0.1, 0.15) is 6.42 Å². The second-order valence-corrected chi connectivity index (χ2v) is 5.64. The third-order valence-corrected chi connectivity index (χ3v) is 3.12. The third-order valence-electron chi connectivity index (χ3n) is 2.55. The molecule has 0 unspecified atom stereocenters. The molecular weight excluding hydrogens is 268 g/mol. The Morgan fingerprint density at radius 1 is 1.39 bits per heavy atom. The van der Waals surface area contributed by atoms with Crippen molar-refractivity contribution in [1.29, 1.82) is 0 Å². The summed E-state index contributed by atoms with van der Waals surface area (Å²) in [6.45, 7) is -0.0605. The standard InChI is InChI=1S/C9H14O8S/c1-13-4-14-7-5-3-6(10)16-9(15-5)8(7)17-18(2,11)12/h5,7-9H,3-4H2,1-2H3/t5-,7-,8+,9+/m1/s1. The minimum Gasteiger partial charge on any atom is -0.433 e. The van der Waals surface area contributed by atoms with E-state index in [1.54, 1.807) is 0 Å². The normalized spacial score (nSPS) is 35.6. The Morgan fingerprint density at radius 3 is 2.72 bits per heavy atom. The van der Waals surface area contributed by atoms with Gasteiger partial charge in [-0.05, 0) is 0 Å². The topological polar surface area (TPSA) is 97.4 Å². The summed E-state index contributed by atoms with van der Waals surface area (Å²) >= 11 is 0. The predicted octanol–water partition coefficient (Wildman–Crippen LogP) is -1.01. The average molecular weight is 282 g/mol. The first-order valence-corrected chi connectivity index (χ1v) is 7.06. The van der Waals surface area contributed by atoms with E-state index < -0.39 is 40.7 Å². The van der Waals surface area contributed by atoms with E-state index in [-0.39, 0.29) is 13.2 Å². The Morgan fingerprint density at radius 2 is 2.11 bits per heavy atom. The molecule has 2 saturated heterocycles. The molecule has 9 heteroatoms. The summed E-state index contributed by atoms with van der Waals surface area (Å²) in [5, 5.41) is 0. The van der Waals surface area contributed by atoms with Crippen molar-refractivity contribution < 1.29 is 36.3 Å². The zero-order valence-electron chi connectivity index (χ0n) is 9.90. The van der Waals surface area contributed by atoms with Crippen LogP contribution in [0, 0.1) is 0 Å². The molecule has 0 aromatic heterocycles. The van der Waals surface area contributed by atoms with Crippen molar-refractivity contribution in [2.24, 2.45) is 0 Å². The van der Waals surface area contributed by atoms with Gasteiger partial charge in [0.25, 0.3) is 10.1 Å². The van der Waals surface area contributed by atoms with Crippen LogP contribution in [0.25, 0.3) is 0 Å². The smallest absolute Gasteiger partial charge is 0.310 e. The molecule has 2 rings (SSSR count). The van der Waals surface area contributed by atoms with Crippen LogP contribution in [0.15, 0.2) is 0 Å². The van der Waals surface area contributed by atoms with E-state index in [4.69, 9.17) is 23.1 Å². The number of carbonyl (C=O) groups is 1. The van der Waals surface area contributed by atoms with Gasteiger partial charge in [0.05, 0.1) is 12.7 Å². The Bertz CT molecular complexity index is 418. The molecule has 2 aliphatic rings. The van der Waals surface area contributed by atoms with E-state index >= 15 is 0 Å². The minimum absolute atomic E-state index is 0.00545. The molecule has 8 nitrogen and oxygen atoms in total. The zero-order chi connectivity index (χ0) is 13.3. The molecule has 2 aliphatic heterocycles. The summed E-state index contributed by atoms with van der Waals surface area (Å²) in [6.07, 6.45) is -2.48. The summed E-state index contributed by atoms with van der Waals surface area (Å²) in [6, 6.07) is 0. The molecule has 0 saturated carbocycles. The number of rotatable bonds is 5. The van der Waals surface area contributed by atoms with E-state index in [0.29, 0.717) is 0 Å². The van der Waals surface area contributed by atoms with E-state index in [0.717, 1.165) is 6.26 Å². The predicted molar refractivity (Wildman–Crippen MR) is 55.8 cm³/mol. The highest BCUT2D eigenvalue weighted by molar-refractivity contribution is 7.86. The van der Waals surface area contributed by atoms with Crippen molar-refractivity contribution in [3.05, 3.63) is 0 Å². The van der Waals surface area contributed by atoms with Gasteiger partial charge >= 0.3 is 5.97 Å². The number of fused-ring (bicyclic) bond motifs is 2. The van der Waals surface area contributed by atoms with E-state index in [2.05, 4.69) is 0 Å². The number of carbonyl (C=O) groups excluding carboxylic acids is 1. The van der Waals surface area contributed by atoms with Gasteiger partial charge in [0.1, 0.15) is 19.0 Å². The first-order valence-electron chi connectivity index (χ1n) is 5.24. The van der Waals surface area contributed by atoms with Gasteiger partial charge in [-0.1, -0.05) is 0 Å². The number of ether oxygens (including phenoxy) is 4. The van der Waals surface area contributed by atoms with Crippen LogP contribution >= 0.6 is 0 Å². The van der Waals surface area contributed by atoms with Crippen molar-refractivity contribution in [3.8, 4) is 0 Å². The van der Waals surface area contributed by atoms with E-state index in [9.17, 15) is 13.2 Å². The lowest BCUT2D eigenvalue weighted by Gasteiger charge is -2.20. The van der Waals surface area contributed by atoms with Gasteiger partial charge in [-0.15, -0.1) is 0 Å². The van der Waals surface area contributed by atoms with Crippen molar-refractivity contribution in [2.75, 3.05) is 20.2 Å². The molecule has 2 heterocycles. The summed E-state index contributed by atoms with van der Waals surface area (Å²) in [5.41, 5.74) is 0. The van der Waals surface area contributed by atoms with Gasteiger partial charge in [0.15, 0.2) is 6.10 Å². The fourth-order valence-electron chi connectivity index (χ4n) is 1.95. The van der Waals surface area contributed by atoms with Crippen molar-refractivity contribution in [1.82, 2.24) is 0 Å². The SMILES string of the molecule is COCO[C@H]1[C@H](OS(C)(=O)=O)[C@@H]2OC(=O)C[C@H]1O2. The van der Waals surface area contributed by atoms with Gasteiger partial charge < -0.3 is 18.9 Å². The molecule has 0 radical (unpaired) electrons. The number of hydrogen-bond acceptors (Lipinski definition) is 8. The average Bonchev–Trinajstić information content (AvgIpc) is 2.46. The van der Waals surface area contributed by atoms with Crippen LogP contribution in [0.5, 0.6) is 0 Å². The molecule has 0 spiro atoms. The maximum Gasteiger partial charge on any atom is 0.310 e. The van der Waals surface area contributed by atoms with Gasteiger partial charge in [0, 0.05) is 7.11 Å². The van der Waals surface area contributed by atoms with Crippen molar-refractivity contribution >= 4 is 16.1 Å². The lowest BCUT2D eigenvalue weighted by atomic mass is 10.1. The van der Waals surface area contributed by atoms with Gasteiger partial charge in [-0.2, -0.15) is 8.42 Å². The van der Waals surface area contributed by atoms with Gasteiger partial charge in [0.2, 0.25) is 6.29 Å². The first kappa shape index (κ1) is 13.7.